The van der Waals surface area contributed by atoms with E-state index < -0.39 is 36.3 Å². The van der Waals surface area contributed by atoms with Gasteiger partial charge in [0.1, 0.15) is 11.5 Å². The Balaban J connectivity index is 1.32. The average Bonchev–Trinajstić information content (AvgIpc) is 2.73. The molecule has 30 heavy (non-hydrogen) atoms. The van der Waals surface area contributed by atoms with Crippen molar-refractivity contribution in [2.75, 3.05) is 10.6 Å². The number of carbonyl (C=O) groups excluding carboxylic acids is 4. The lowest BCUT2D eigenvalue weighted by Crippen LogP contribution is -2.40. The molecule has 10 nitrogen and oxygen atoms in total. The summed E-state index contributed by atoms with van der Waals surface area (Å²) in [5, 5.41) is 5.06. The summed E-state index contributed by atoms with van der Waals surface area (Å²) in [5.74, 6) is -2.73. The van der Waals surface area contributed by atoms with Crippen LogP contribution in [0.3, 0.4) is 0 Å². The zero-order chi connectivity index (χ0) is 21.1. The van der Waals surface area contributed by atoms with Crippen LogP contribution in [0.5, 0.6) is 11.5 Å². The second-order valence-corrected chi connectivity index (χ2v) is 6.08. The first-order valence-electron chi connectivity index (χ1n) is 8.72. The molecule has 0 bridgehead atoms. The van der Waals surface area contributed by atoms with Crippen LogP contribution in [0.4, 0.5) is 11.4 Å². The van der Waals surface area contributed by atoms with Crippen LogP contribution in [-0.4, -0.2) is 36.3 Å². The Morgan fingerprint density at radius 1 is 0.733 bits per heavy atom. The molecule has 2 unspecified atom stereocenters. The van der Waals surface area contributed by atoms with Gasteiger partial charge in [0.05, 0.1) is 11.4 Å². The van der Waals surface area contributed by atoms with Crippen LogP contribution < -0.4 is 20.1 Å². The quantitative estimate of drug-likeness (QED) is 0.571. The Kier molecular flexibility index (Phi) is 5.04. The fraction of sp³-hybridized carbons (Fsp3) is 0.100. The molecule has 2 atom stereocenters. The van der Waals surface area contributed by atoms with Gasteiger partial charge in [-0.05, 0) is 24.3 Å². The Labute approximate surface area is 169 Å². The first-order chi connectivity index (χ1) is 14.5. The Morgan fingerprint density at radius 3 is 1.57 bits per heavy atom. The normalized spacial score (nSPS) is 19.3. The molecule has 0 radical (unpaired) electrons. The fourth-order valence-corrected chi connectivity index (χ4v) is 2.65. The van der Waals surface area contributed by atoms with E-state index in [1.807, 2.05) is 0 Å². The van der Waals surface area contributed by atoms with Gasteiger partial charge < -0.3 is 29.6 Å². The number of ether oxygens (including phenoxy) is 4. The number of rotatable bonds is 4. The second-order valence-electron chi connectivity index (χ2n) is 6.08. The number of esters is 2. The third-order valence-corrected chi connectivity index (χ3v) is 3.99. The highest BCUT2D eigenvalue weighted by atomic mass is 16.7. The SMILES string of the molecule is O=C(/C=C\C(=O)OC1Oc2ccccc2NC1=O)OC1Oc2ccccc2NC1=O. The number of fused-ring (bicyclic) bond motifs is 2. The lowest BCUT2D eigenvalue weighted by molar-refractivity contribution is -0.168. The van der Waals surface area contributed by atoms with E-state index in [0.29, 0.717) is 22.9 Å². The number of amides is 2. The number of nitrogens with one attached hydrogen (secondary N) is 2. The van der Waals surface area contributed by atoms with Gasteiger partial charge in [-0.3, -0.25) is 9.59 Å². The minimum Gasteiger partial charge on any atom is -0.444 e. The van der Waals surface area contributed by atoms with Crippen LogP contribution in [-0.2, 0) is 28.7 Å². The Bertz CT molecular complexity index is 981. The molecule has 152 valence electrons. The molecule has 2 N–H and O–H groups in total. The van der Waals surface area contributed by atoms with E-state index in [9.17, 15) is 19.2 Å². The number of anilines is 2. The van der Waals surface area contributed by atoms with Crippen molar-refractivity contribution >= 4 is 35.1 Å². The zero-order valence-electron chi connectivity index (χ0n) is 15.2. The number of benzene rings is 2. The van der Waals surface area contributed by atoms with Crippen molar-refractivity contribution in [3.05, 3.63) is 60.7 Å². The van der Waals surface area contributed by atoms with Gasteiger partial charge in [-0.15, -0.1) is 0 Å². The summed E-state index contributed by atoms with van der Waals surface area (Å²) >= 11 is 0. The topological polar surface area (TPSA) is 129 Å². The molecule has 0 spiro atoms. The van der Waals surface area contributed by atoms with Crippen molar-refractivity contribution in [2.45, 2.75) is 12.6 Å². The summed E-state index contributed by atoms with van der Waals surface area (Å²) in [6.45, 7) is 0. The van der Waals surface area contributed by atoms with Crippen molar-refractivity contribution in [2.24, 2.45) is 0 Å². The summed E-state index contributed by atoms with van der Waals surface area (Å²) < 4.78 is 20.4. The third kappa shape index (κ3) is 4.07. The molecule has 0 fully saturated rings. The van der Waals surface area contributed by atoms with Gasteiger partial charge in [0, 0.05) is 12.2 Å². The van der Waals surface area contributed by atoms with Crippen LogP contribution >= 0.6 is 0 Å². The molecule has 2 aromatic carbocycles. The molecule has 2 aliphatic rings. The molecule has 0 aliphatic carbocycles. The van der Waals surface area contributed by atoms with E-state index in [1.165, 1.54) is 0 Å². The lowest BCUT2D eigenvalue weighted by Gasteiger charge is -2.25. The van der Waals surface area contributed by atoms with E-state index >= 15 is 0 Å². The molecule has 0 saturated carbocycles. The molecule has 10 heteroatoms. The standard InChI is InChI=1S/C20H14N2O8/c23-15(29-19-17(25)21-11-5-1-3-7-13(11)27-19)9-10-16(24)30-20-18(26)22-12-6-2-4-8-14(12)28-20/h1-10,19-20H,(H,21,25)(H,22,26)/b10-9-. The first-order valence-corrected chi connectivity index (χ1v) is 8.72. The highest BCUT2D eigenvalue weighted by Crippen LogP contribution is 2.30. The number of para-hydroxylation sites is 4. The molecule has 0 saturated heterocycles. The highest BCUT2D eigenvalue weighted by Gasteiger charge is 2.31. The van der Waals surface area contributed by atoms with Crippen molar-refractivity contribution in [3.8, 4) is 11.5 Å². The van der Waals surface area contributed by atoms with Gasteiger partial charge in [0.15, 0.2) is 0 Å². The van der Waals surface area contributed by atoms with Crippen LogP contribution in [0.25, 0.3) is 0 Å². The maximum Gasteiger partial charge on any atom is 0.334 e. The molecular formula is C20H14N2O8. The molecular weight excluding hydrogens is 396 g/mol. The lowest BCUT2D eigenvalue weighted by atomic mass is 10.2. The summed E-state index contributed by atoms with van der Waals surface area (Å²) in [5.41, 5.74) is 0.891. The van der Waals surface area contributed by atoms with Gasteiger partial charge in [-0.25, -0.2) is 9.59 Å². The maximum absolute atomic E-state index is 11.9. The van der Waals surface area contributed by atoms with Crippen LogP contribution in [0.1, 0.15) is 0 Å². The van der Waals surface area contributed by atoms with Crippen molar-refractivity contribution in [1.29, 1.82) is 0 Å². The fourth-order valence-electron chi connectivity index (χ4n) is 2.65. The molecule has 2 aromatic rings. The van der Waals surface area contributed by atoms with Crippen molar-refractivity contribution < 1.29 is 38.1 Å². The maximum atomic E-state index is 11.9. The smallest absolute Gasteiger partial charge is 0.334 e. The largest absolute Gasteiger partial charge is 0.444 e. The average molecular weight is 410 g/mol. The third-order valence-electron chi connectivity index (χ3n) is 3.99. The van der Waals surface area contributed by atoms with E-state index in [0.717, 1.165) is 12.2 Å². The number of hydrogen-bond donors (Lipinski definition) is 2. The molecule has 2 heterocycles. The van der Waals surface area contributed by atoms with Gasteiger partial charge >= 0.3 is 36.3 Å². The highest BCUT2D eigenvalue weighted by molar-refractivity contribution is 6.00. The summed E-state index contributed by atoms with van der Waals surface area (Å²) in [4.78, 5) is 47.7. The van der Waals surface area contributed by atoms with Gasteiger partial charge in [0.25, 0.3) is 0 Å². The number of carbonyl (C=O) groups is 4. The van der Waals surface area contributed by atoms with Crippen molar-refractivity contribution in [1.82, 2.24) is 0 Å². The predicted octanol–water partition coefficient (Wildman–Crippen LogP) is 1.34. The monoisotopic (exact) mass is 410 g/mol. The van der Waals surface area contributed by atoms with Gasteiger partial charge in [0.2, 0.25) is 0 Å². The van der Waals surface area contributed by atoms with Gasteiger partial charge in [-0.2, -0.15) is 0 Å². The zero-order valence-corrected chi connectivity index (χ0v) is 15.2. The van der Waals surface area contributed by atoms with Crippen LogP contribution in [0.15, 0.2) is 60.7 Å². The molecule has 0 aromatic heterocycles. The number of hydrogen-bond acceptors (Lipinski definition) is 8. The Morgan fingerprint density at radius 2 is 1.13 bits per heavy atom. The minimum absolute atomic E-state index is 0.332. The second kappa shape index (κ2) is 7.95. The van der Waals surface area contributed by atoms with E-state index in [4.69, 9.17) is 18.9 Å². The van der Waals surface area contributed by atoms with E-state index in [-0.39, 0.29) is 0 Å². The van der Waals surface area contributed by atoms with Crippen LogP contribution in [0, 0.1) is 0 Å². The van der Waals surface area contributed by atoms with Gasteiger partial charge in [-0.1, -0.05) is 24.3 Å². The predicted molar refractivity (Wildman–Crippen MR) is 100 cm³/mol. The van der Waals surface area contributed by atoms with Crippen LogP contribution in [0.2, 0.25) is 0 Å². The first kappa shape index (κ1) is 19.0. The van der Waals surface area contributed by atoms with E-state index in [2.05, 4.69) is 10.6 Å². The summed E-state index contributed by atoms with van der Waals surface area (Å²) in [7, 11) is 0. The molecule has 2 aliphatic heterocycles. The van der Waals surface area contributed by atoms with E-state index in [1.54, 1.807) is 48.5 Å². The Hall–Kier alpha value is -4.34. The van der Waals surface area contributed by atoms with Crippen molar-refractivity contribution in [3.63, 3.8) is 0 Å². The summed E-state index contributed by atoms with van der Waals surface area (Å²) in [6.07, 6.45) is -1.54. The summed E-state index contributed by atoms with van der Waals surface area (Å²) in [6, 6.07) is 13.2. The molecule has 4 rings (SSSR count). The minimum atomic E-state index is -1.52. The molecule has 2 amide bonds.